The molecular weight excluding hydrogens is 608 g/mol. The first-order valence-corrected chi connectivity index (χ1v) is 17.2. The van der Waals surface area contributed by atoms with Crippen molar-refractivity contribution >= 4 is 89.0 Å². The summed E-state index contributed by atoms with van der Waals surface area (Å²) in [6, 6.07) is 16.6. The molecule has 0 fully saturated rings. The molecule has 3 heterocycles. The number of hydrogen-bond donors (Lipinski definition) is 1. The molecule has 1 aliphatic carbocycles. The van der Waals surface area contributed by atoms with E-state index in [-0.39, 0.29) is 23.0 Å². The lowest BCUT2D eigenvalue weighted by Gasteiger charge is -2.11. The van der Waals surface area contributed by atoms with Crippen LogP contribution in [-0.2, 0) is 30.4 Å². The van der Waals surface area contributed by atoms with Gasteiger partial charge >= 0.3 is 0 Å². The second-order valence-electron chi connectivity index (χ2n) is 10.2. The van der Waals surface area contributed by atoms with Crippen molar-refractivity contribution in [1.29, 1.82) is 0 Å². The summed E-state index contributed by atoms with van der Waals surface area (Å²) in [6.45, 7) is 0. The van der Waals surface area contributed by atoms with Crippen molar-refractivity contribution in [3.05, 3.63) is 86.8 Å². The molecule has 0 unspecified atom stereocenters. The molecule has 0 spiro atoms. The highest BCUT2D eigenvalue weighted by Gasteiger charge is 2.21. The lowest BCUT2D eigenvalue weighted by atomic mass is 9.97. The molecule has 0 bridgehead atoms. The summed E-state index contributed by atoms with van der Waals surface area (Å²) in [5, 5.41) is 5.82. The highest BCUT2D eigenvalue weighted by atomic mass is 32.2. The number of hydrogen-bond acceptors (Lipinski definition) is 8. The molecule has 3 aromatic heterocycles. The second kappa shape index (κ2) is 11.4. The molecule has 0 radical (unpaired) electrons. The van der Waals surface area contributed by atoms with Crippen LogP contribution in [0.2, 0.25) is 0 Å². The maximum atomic E-state index is 14.2. The van der Waals surface area contributed by atoms with E-state index in [1.807, 2.05) is 42.5 Å². The fourth-order valence-electron chi connectivity index (χ4n) is 5.36. The largest absolute Gasteiger partial charge is 0.325 e. The van der Waals surface area contributed by atoms with Crippen LogP contribution in [0.15, 0.2) is 68.9 Å². The number of nitrogens with one attached hydrogen (secondary N) is 1. The fraction of sp³-hybridized carbons (Fsp3) is 0.226. The van der Waals surface area contributed by atoms with Crippen molar-refractivity contribution < 1.29 is 9.18 Å². The Labute approximate surface area is 257 Å². The third kappa shape index (κ3) is 5.23. The van der Waals surface area contributed by atoms with Crippen LogP contribution in [0.3, 0.4) is 0 Å². The number of rotatable bonds is 7. The van der Waals surface area contributed by atoms with E-state index in [0.29, 0.717) is 22.0 Å². The van der Waals surface area contributed by atoms with E-state index >= 15 is 0 Å². The number of halogens is 1. The minimum Gasteiger partial charge on any atom is -0.325 e. The van der Waals surface area contributed by atoms with Crippen molar-refractivity contribution in [3.63, 3.8) is 0 Å². The Morgan fingerprint density at radius 1 is 1.02 bits per heavy atom. The number of fused-ring (bicyclic) bond motifs is 5. The van der Waals surface area contributed by atoms with Crippen LogP contribution >= 0.6 is 46.2 Å². The highest BCUT2D eigenvalue weighted by molar-refractivity contribution is 8.00. The Balaban J connectivity index is 1.02. The topological polar surface area (TPSA) is 76.9 Å². The molecule has 6 aromatic rings. The third-order valence-corrected chi connectivity index (χ3v) is 11.9. The lowest BCUT2D eigenvalue weighted by Crippen LogP contribution is -2.21. The predicted molar refractivity (Wildman–Crippen MR) is 174 cm³/mol. The molecule has 3 aromatic carbocycles. The van der Waals surface area contributed by atoms with E-state index in [1.54, 1.807) is 52.1 Å². The molecule has 0 saturated heterocycles. The summed E-state index contributed by atoms with van der Waals surface area (Å²) in [5.74, 6) is 0.443. The van der Waals surface area contributed by atoms with Crippen molar-refractivity contribution in [2.24, 2.45) is 7.05 Å². The normalized spacial score (nSPS) is 13.2. The van der Waals surface area contributed by atoms with Gasteiger partial charge in [0.2, 0.25) is 5.91 Å². The van der Waals surface area contributed by atoms with Gasteiger partial charge in [-0.05, 0) is 66.5 Å². The maximum Gasteiger partial charge on any atom is 0.262 e. The number of aryl methyl sites for hydroxylation is 2. The fourth-order valence-corrected chi connectivity index (χ4v) is 9.54. The summed E-state index contributed by atoms with van der Waals surface area (Å²) in [4.78, 5) is 37.6. The van der Waals surface area contributed by atoms with Gasteiger partial charge in [-0.3, -0.25) is 14.2 Å². The summed E-state index contributed by atoms with van der Waals surface area (Å²) in [7, 11) is 1.73. The van der Waals surface area contributed by atoms with Gasteiger partial charge < -0.3 is 5.32 Å². The molecule has 1 aliphatic rings. The Morgan fingerprint density at radius 2 is 1.86 bits per heavy atom. The standard InChI is InChI=1S/C31H25FN4O2S4/c1-36-29(38)27-21-8-4-5-9-24(21)41-28(27)35-30(36)39-16-26(37)33-18-11-13-23-25(14-18)42-31(34-23)40-15-17-10-12-22(32)20-7-3-2-6-19(17)20/h2-3,6-7,10-14H,4-5,8-9,15-16H2,1H3,(H,33,37). The monoisotopic (exact) mass is 632 g/mol. The highest BCUT2D eigenvalue weighted by Crippen LogP contribution is 2.36. The summed E-state index contributed by atoms with van der Waals surface area (Å²) >= 11 is 6.08. The molecule has 11 heteroatoms. The van der Waals surface area contributed by atoms with Crippen LogP contribution in [-0.4, -0.2) is 26.2 Å². The number of thiophene rings is 1. The van der Waals surface area contributed by atoms with E-state index in [4.69, 9.17) is 9.97 Å². The quantitative estimate of drug-likeness (QED) is 0.143. The number of amides is 1. The average Bonchev–Trinajstić information content (AvgIpc) is 3.58. The lowest BCUT2D eigenvalue weighted by molar-refractivity contribution is -0.113. The van der Waals surface area contributed by atoms with Gasteiger partial charge in [0.15, 0.2) is 9.50 Å². The Hall–Kier alpha value is -3.25. The van der Waals surface area contributed by atoms with Crippen molar-refractivity contribution in [3.8, 4) is 0 Å². The van der Waals surface area contributed by atoms with E-state index in [2.05, 4.69) is 5.32 Å². The Morgan fingerprint density at radius 3 is 2.74 bits per heavy atom. The maximum absolute atomic E-state index is 14.2. The number of carbonyl (C=O) groups excluding carboxylic acids is 1. The van der Waals surface area contributed by atoms with Gasteiger partial charge in [-0.15, -0.1) is 22.7 Å². The zero-order chi connectivity index (χ0) is 28.8. The van der Waals surface area contributed by atoms with Gasteiger partial charge in [0.1, 0.15) is 10.6 Å². The Kier molecular flexibility index (Phi) is 7.51. The van der Waals surface area contributed by atoms with Crippen LogP contribution in [0.25, 0.3) is 31.2 Å². The van der Waals surface area contributed by atoms with Gasteiger partial charge in [0.25, 0.3) is 5.56 Å². The van der Waals surface area contributed by atoms with Gasteiger partial charge in [-0.1, -0.05) is 53.9 Å². The molecule has 212 valence electrons. The molecule has 0 atom stereocenters. The Bertz CT molecular complexity index is 2070. The average molecular weight is 633 g/mol. The van der Waals surface area contributed by atoms with Crippen LogP contribution in [0.5, 0.6) is 0 Å². The first-order valence-electron chi connectivity index (χ1n) is 13.6. The molecule has 42 heavy (non-hydrogen) atoms. The zero-order valence-corrected chi connectivity index (χ0v) is 25.9. The summed E-state index contributed by atoms with van der Waals surface area (Å²) in [6.07, 6.45) is 4.22. The first-order chi connectivity index (χ1) is 20.4. The molecule has 6 nitrogen and oxygen atoms in total. The molecule has 0 aliphatic heterocycles. The summed E-state index contributed by atoms with van der Waals surface area (Å²) in [5.41, 5.74) is 3.77. The van der Waals surface area contributed by atoms with E-state index in [9.17, 15) is 14.0 Å². The van der Waals surface area contributed by atoms with E-state index in [0.717, 1.165) is 61.4 Å². The van der Waals surface area contributed by atoms with Gasteiger partial charge in [-0.25, -0.2) is 14.4 Å². The molecular formula is C31H25FN4O2S4. The third-order valence-electron chi connectivity index (χ3n) is 7.45. The van der Waals surface area contributed by atoms with Crippen LogP contribution < -0.4 is 10.9 Å². The number of carbonyl (C=O) groups is 1. The van der Waals surface area contributed by atoms with Crippen molar-refractivity contribution in [2.75, 3.05) is 11.1 Å². The minimum atomic E-state index is -0.213. The van der Waals surface area contributed by atoms with Crippen LogP contribution in [0.1, 0.15) is 28.8 Å². The minimum absolute atomic E-state index is 0.0285. The second-order valence-corrected chi connectivity index (χ2v) is 14.5. The molecule has 7 rings (SSSR count). The number of aromatic nitrogens is 3. The van der Waals surface area contributed by atoms with Crippen molar-refractivity contribution in [1.82, 2.24) is 14.5 Å². The molecule has 1 N–H and O–H groups in total. The number of anilines is 1. The number of thiazole rings is 1. The predicted octanol–water partition coefficient (Wildman–Crippen LogP) is 7.80. The number of nitrogens with zero attached hydrogens (tertiary/aromatic N) is 3. The summed E-state index contributed by atoms with van der Waals surface area (Å²) < 4.78 is 17.7. The van der Waals surface area contributed by atoms with Gasteiger partial charge in [0.05, 0.1) is 21.4 Å². The molecule has 0 saturated carbocycles. The van der Waals surface area contributed by atoms with Crippen LogP contribution in [0, 0.1) is 5.82 Å². The van der Waals surface area contributed by atoms with Gasteiger partial charge in [-0.2, -0.15) is 0 Å². The van der Waals surface area contributed by atoms with Gasteiger partial charge in [0, 0.05) is 28.8 Å². The number of benzene rings is 3. The molecule has 1 amide bonds. The van der Waals surface area contributed by atoms with E-state index in [1.165, 1.54) is 28.3 Å². The van der Waals surface area contributed by atoms with E-state index < -0.39 is 0 Å². The first kappa shape index (κ1) is 27.6. The smallest absolute Gasteiger partial charge is 0.262 e. The number of thioether (sulfide) groups is 2. The van der Waals surface area contributed by atoms with Crippen LogP contribution in [0.4, 0.5) is 10.1 Å². The van der Waals surface area contributed by atoms with Crippen molar-refractivity contribution in [2.45, 2.75) is 40.9 Å². The zero-order valence-electron chi connectivity index (χ0n) is 22.6. The SMILES string of the molecule is Cn1c(SCC(=O)Nc2ccc3nc(SCc4ccc(F)c5ccccc45)sc3c2)nc2sc3c(c2c1=O)CCCC3.